The van der Waals surface area contributed by atoms with Crippen molar-refractivity contribution in [1.29, 1.82) is 0 Å². The molecule has 0 aliphatic carbocycles. The number of ether oxygens (including phenoxy) is 2. The fourth-order valence-corrected chi connectivity index (χ4v) is 4.62. The minimum absolute atomic E-state index is 0.0417. The first-order chi connectivity index (χ1) is 14.7. The van der Waals surface area contributed by atoms with Crippen LogP contribution in [0.15, 0.2) is 51.9 Å². The molecule has 0 saturated heterocycles. The molecule has 0 bridgehead atoms. The van der Waals surface area contributed by atoms with Crippen LogP contribution in [0.2, 0.25) is 0 Å². The molecule has 0 atom stereocenters. The summed E-state index contributed by atoms with van der Waals surface area (Å²) in [7, 11) is -0.668. The van der Waals surface area contributed by atoms with Crippen molar-refractivity contribution in [2.24, 2.45) is 0 Å². The van der Waals surface area contributed by atoms with Gasteiger partial charge >= 0.3 is 0 Å². The number of benzene rings is 2. The van der Waals surface area contributed by atoms with Crippen LogP contribution in [0.1, 0.15) is 31.7 Å². The van der Waals surface area contributed by atoms with Crippen molar-refractivity contribution in [1.82, 2.24) is 14.4 Å². The van der Waals surface area contributed by atoms with Gasteiger partial charge in [-0.05, 0) is 62.6 Å². The molecule has 4 rings (SSSR count). The maximum Gasteiger partial charge on any atom is 0.243 e. The number of methoxy groups -OCH3 is 1. The third-order valence-corrected chi connectivity index (χ3v) is 7.08. The number of fused-ring (bicyclic) bond motifs is 1. The molecule has 0 fully saturated rings. The molecule has 0 radical (unpaired) electrons. The quantitative estimate of drug-likeness (QED) is 0.574. The van der Waals surface area contributed by atoms with E-state index in [1.807, 2.05) is 32.0 Å². The van der Waals surface area contributed by atoms with Crippen LogP contribution in [0.5, 0.6) is 11.5 Å². The first kappa shape index (κ1) is 21.3. The molecule has 8 nitrogen and oxygen atoms in total. The lowest BCUT2D eigenvalue weighted by molar-refractivity contribution is 0.0845. The number of aromatic nitrogens is 2. The van der Waals surface area contributed by atoms with Crippen LogP contribution in [0.25, 0.3) is 11.4 Å². The topological polar surface area (TPSA) is 94.8 Å². The highest BCUT2D eigenvalue weighted by Crippen LogP contribution is 2.35. The second-order valence-electron chi connectivity index (χ2n) is 8.14. The number of sulfonamides is 1. The molecule has 0 amide bonds. The minimum atomic E-state index is -3.74. The van der Waals surface area contributed by atoms with Crippen molar-refractivity contribution in [3.63, 3.8) is 0 Å². The van der Waals surface area contributed by atoms with Gasteiger partial charge in [0.2, 0.25) is 21.7 Å². The van der Waals surface area contributed by atoms with Crippen molar-refractivity contribution in [3.8, 4) is 22.9 Å². The predicted octanol–water partition coefficient (Wildman–Crippen LogP) is 3.67. The molecule has 3 aromatic rings. The Labute approximate surface area is 181 Å². The Morgan fingerprint density at radius 3 is 2.77 bits per heavy atom. The van der Waals surface area contributed by atoms with E-state index < -0.39 is 10.0 Å². The van der Waals surface area contributed by atoms with Gasteiger partial charge in [0.05, 0.1) is 18.6 Å². The average molecular weight is 444 g/mol. The first-order valence-corrected chi connectivity index (χ1v) is 11.4. The summed E-state index contributed by atoms with van der Waals surface area (Å²) in [5, 5.41) is 3.96. The Morgan fingerprint density at radius 1 is 1.19 bits per heavy atom. The predicted molar refractivity (Wildman–Crippen MR) is 114 cm³/mol. The van der Waals surface area contributed by atoms with Crippen LogP contribution in [0.4, 0.5) is 0 Å². The Hall–Kier alpha value is -2.91. The summed E-state index contributed by atoms with van der Waals surface area (Å²) >= 11 is 0. The first-order valence-electron chi connectivity index (χ1n) is 9.93. The van der Waals surface area contributed by atoms with E-state index in [1.54, 1.807) is 31.4 Å². The lowest BCUT2D eigenvalue weighted by atomic mass is 9.94. The van der Waals surface area contributed by atoms with E-state index in [0.717, 1.165) is 29.7 Å². The summed E-state index contributed by atoms with van der Waals surface area (Å²) in [6, 6.07) is 12.2. The molecule has 164 valence electrons. The molecule has 2 heterocycles. The molecule has 0 spiro atoms. The van der Waals surface area contributed by atoms with Gasteiger partial charge in [0.25, 0.3) is 0 Å². The Balaban J connectivity index is 1.52. The molecule has 0 N–H and O–H groups in total. The molecule has 1 aliphatic rings. The van der Waals surface area contributed by atoms with E-state index in [9.17, 15) is 8.42 Å². The number of hydrogen-bond acceptors (Lipinski definition) is 7. The van der Waals surface area contributed by atoms with E-state index in [0.29, 0.717) is 11.6 Å². The zero-order valence-corrected chi connectivity index (χ0v) is 18.8. The lowest BCUT2D eigenvalue weighted by Gasteiger charge is -2.32. The normalized spacial score (nSPS) is 15.4. The van der Waals surface area contributed by atoms with Crippen LogP contribution in [-0.4, -0.2) is 42.6 Å². The number of nitrogens with zero attached hydrogens (tertiary/aromatic N) is 3. The maximum atomic E-state index is 13.1. The highest BCUT2D eigenvalue weighted by molar-refractivity contribution is 7.89. The second kappa shape index (κ2) is 7.97. The molecular formula is C22H25N3O5S. The van der Waals surface area contributed by atoms with Crippen molar-refractivity contribution in [3.05, 3.63) is 53.9 Å². The summed E-state index contributed by atoms with van der Waals surface area (Å²) in [6.45, 7) is 4.01. The smallest absolute Gasteiger partial charge is 0.243 e. The molecule has 2 aromatic carbocycles. The van der Waals surface area contributed by atoms with Crippen molar-refractivity contribution in [2.75, 3.05) is 14.2 Å². The molecule has 31 heavy (non-hydrogen) atoms. The van der Waals surface area contributed by atoms with Gasteiger partial charge in [-0.1, -0.05) is 17.3 Å². The van der Waals surface area contributed by atoms with Gasteiger partial charge in [-0.25, -0.2) is 8.42 Å². The summed E-state index contributed by atoms with van der Waals surface area (Å²) in [5.74, 6) is 1.97. The molecule has 1 aromatic heterocycles. The fraction of sp³-hybridized carbons (Fsp3) is 0.364. The summed E-state index contributed by atoms with van der Waals surface area (Å²) < 4.78 is 43.8. The Morgan fingerprint density at radius 2 is 2.00 bits per heavy atom. The number of hydrogen-bond donors (Lipinski definition) is 0. The fourth-order valence-electron chi connectivity index (χ4n) is 3.45. The van der Waals surface area contributed by atoms with E-state index in [4.69, 9.17) is 14.0 Å². The lowest BCUT2D eigenvalue weighted by Crippen LogP contribution is -2.33. The molecule has 9 heteroatoms. The Bertz CT molecular complexity index is 1200. The van der Waals surface area contributed by atoms with Crippen LogP contribution >= 0.6 is 0 Å². The van der Waals surface area contributed by atoms with E-state index in [1.165, 1.54) is 11.4 Å². The van der Waals surface area contributed by atoms with Crippen molar-refractivity contribution in [2.45, 2.75) is 43.7 Å². The highest BCUT2D eigenvalue weighted by atomic mass is 32.2. The zero-order chi connectivity index (χ0) is 22.2. The molecule has 0 saturated carbocycles. The van der Waals surface area contributed by atoms with Crippen LogP contribution in [-0.2, 0) is 23.0 Å². The van der Waals surface area contributed by atoms with Gasteiger partial charge in [0, 0.05) is 12.6 Å². The monoisotopic (exact) mass is 443 g/mol. The van der Waals surface area contributed by atoms with E-state index in [2.05, 4.69) is 10.1 Å². The Kier molecular flexibility index (Phi) is 5.49. The summed E-state index contributed by atoms with van der Waals surface area (Å²) in [6.07, 6.45) is 1.59. The summed E-state index contributed by atoms with van der Waals surface area (Å²) in [4.78, 5) is 4.54. The number of aryl methyl sites for hydroxylation is 1. The third kappa shape index (κ3) is 4.42. The standard InChI is InChI=1S/C22H25N3O5S/c1-22(2)11-10-15-13-18(8-9-19(15)29-22)31(26,27)25(3)14-20-23-21(24-30-20)16-6-5-7-17(12-16)28-4/h5-9,12-13H,10-11,14H2,1-4H3. The van der Waals surface area contributed by atoms with E-state index >= 15 is 0 Å². The van der Waals surface area contributed by atoms with Crippen LogP contribution < -0.4 is 9.47 Å². The van der Waals surface area contributed by atoms with Gasteiger partial charge in [-0.15, -0.1) is 0 Å². The molecule has 0 unspecified atom stereocenters. The molecule has 1 aliphatic heterocycles. The minimum Gasteiger partial charge on any atom is -0.497 e. The van der Waals surface area contributed by atoms with Gasteiger partial charge < -0.3 is 14.0 Å². The van der Waals surface area contributed by atoms with Gasteiger partial charge in [0.15, 0.2) is 0 Å². The largest absolute Gasteiger partial charge is 0.497 e. The summed E-state index contributed by atoms with van der Waals surface area (Å²) in [5.41, 5.74) is 1.37. The number of rotatable bonds is 6. The second-order valence-corrected chi connectivity index (χ2v) is 10.2. The SMILES string of the molecule is COc1cccc(-c2noc(CN(C)S(=O)(=O)c3ccc4c(c3)CCC(C)(C)O4)n2)c1. The molecular weight excluding hydrogens is 418 g/mol. The van der Waals surface area contributed by atoms with Crippen LogP contribution in [0.3, 0.4) is 0 Å². The zero-order valence-electron chi connectivity index (χ0n) is 18.0. The van der Waals surface area contributed by atoms with Gasteiger partial charge in [-0.3, -0.25) is 0 Å². The maximum absolute atomic E-state index is 13.1. The van der Waals surface area contributed by atoms with Crippen molar-refractivity contribution < 1.29 is 22.4 Å². The third-order valence-electron chi connectivity index (χ3n) is 5.28. The van der Waals surface area contributed by atoms with Gasteiger partial charge in [0.1, 0.15) is 17.1 Å². The van der Waals surface area contributed by atoms with Crippen molar-refractivity contribution >= 4 is 10.0 Å². The van der Waals surface area contributed by atoms with E-state index in [-0.39, 0.29) is 22.9 Å². The van der Waals surface area contributed by atoms with Gasteiger partial charge in [-0.2, -0.15) is 9.29 Å². The van der Waals surface area contributed by atoms with Crippen LogP contribution in [0, 0.1) is 0 Å². The highest BCUT2D eigenvalue weighted by Gasteiger charge is 2.29. The average Bonchev–Trinajstić information content (AvgIpc) is 3.21.